The number of carbonyl (C=O) groups excluding carboxylic acids is 1. The Morgan fingerprint density at radius 2 is 1.86 bits per heavy atom. The Bertz CT molecular complexity index is 1220. The van der Waals surface area contributed by atoms with E-state index in [0.717, 1.165) is 29.5 Å². The van der Waals surface area contributed by atoms with E-state index in [1.165, 1.54) is 31.9 Å². The van der Waals surface area contributed by atoms with Crippen molar-refractivity contribution in [1.82, 2.24) is 9.88 Å². The number of nitro groups is 1. The molecule has 0 bridgehead atoms. The predicted molar refractivity (Wildman–Crippen MR) is 130 cm³/mol. The second kappa shape index (κ2) is 10.6. The molecule has 186 valence electrons. The highest BCUT2D eigenvalue weighted by atomic mass is 16.6. The highest BCUT2D eigenvalue weighted by molar-refractivity contribution is 5.99. The molecule has 3 aromatic rings. The molecule has 2 heterocycles. The van der Waals surface area contributed by atoms with E-state index < -0.39 is 10.8 Å². The second-order valence-corrected chi connectivity index (χ2v) is 8.34. The number of H-pyrrole nitrogens is 1. The van der Waals surface area contributed by atoms with Crippen LogP contribution in [-0.4, -0.2) is 68.3 Å². The summed E-state index contributed by atoms with van der Waals surface area (Å²) in [6.45, 7) is 1.50. The van der Waals surface area contributed by atoms with Crippen molar-refractivity contribution in [2.24, 2.45) is 0 Å². The van der Waals surface area contributed by atoms with Gasteiger partial charge in [-0.2, -0.15) is 0 Å². The lowest BCUT2D eigenvalue weighted by atomic mass is 9.89. The zero-order chi connectivity index (χ0) is 24.9. The van der Waals surface area contributed by atoms with Gasteiger partial charge < -0.3 is 28.8 Å². The standard InChI is InChI=1S/C25H29N3O7/c1-32-10-11-35-24-14-22(28(30)31)19(13-23(24)34-3)25(29)27-8-6-16(7-9-27)20-15-26-21-5-4-17(33-2)12-18(20)21/h4-5,12-16,26H,6-11H2,1-3H3. The summed E-state index contributed by atoms with van der Waals surface area (Å²) in [5.41, 5.74) is 1.90. The number of carbonyl (C=O) groups is 1. The summed E-state index contributed by atoms with van der Waals surface area (Å²) in [5, 5.41) is 12.9. The zero-order valence-electron chi connectivity index (χ0n) is 20.0. The van der Waals surface area contributed by atoms with Gasteiger partial charge in [0.2, 0.25) is 0 Å². The third kappa shape index (κ3) is 5.02. The van der Waals surface area contributed by atoms with Crippen LogP contribution >= 0.6 is 0 Å². The first-order valence-electron chi connectivity index (χ1n) is 11.4. The maximum atomic E-state index is 13.3. The van der Waals surface area contributed by atoms with Crippen molar-refractivity contribution in [3.8, 4) is 17.2 Å². The van der Waals surface area contributed by atoms with Gasteiger partial charge in [0.05, 0.1) is 31.8 Å². The highest BCUT2D eigenvalue weighted by Gasteiger charge is 2.31. The van der Waals surface area contributed by atoms with Crippen molar-refractivity contribution >= 4 is 22.5 Å². The summed E-state index contributed by atoms with van der Waals surface area (Å²) in [6, 6.07) is 8.56. The Morgan fingerprint density at radius 3 is 2.51 bits per heavy atom. The Kier molecular flexibility index (Phi) is 7.40. The number of nitrogens with zero attached hydrogens (tertiary/aromatic N) is 2. The molecular formula is C25H29N3O7. The van der Waals surface area contributed by atoms with Crippen LogP contribution in [0.2, 0.25) is 0 Å². The number of ether oxygens (including phenoxy) is 4. The largest absolute Gasteiger partial charge is 0.497 e. The van der Waals surface area contributed by atoms with Crippen LogP contribution in [0.3, 0.4) is 0 Å². The van der Waals surface area contributed by atoms with Gasteiger partial charge in [-0.25, -0.2) is 0 Å². The van der Waals surface area contributed by atoms with E-state index in [1.807, 2.05) is 24.4 Å². The summed E-state index contributed by atoms with van der Waals surface area (Å²) in [6.07, 6.45) is 3.52. The number of nitro benzene ring substituents is 1. The minimum absolute atomic E-state index is 0.0128. The molecule has 4 rings (SSSR count). The summed E-state index contributed by atoms with van der Waals surface area (Å²) >= 11 is 0. The normalized spacial score (nSPS) is 14.2. The number of hydrogen-bond acceptors (Lipinski definition) is 7. The van der Waals surface area contributed by atoms with Crippen LogP contribution < -0.4 is 14.2 Å². The van der Waals surface area contributed by atoms with Crippen LogP contribution in [0.15, 0.2) is 36.5 Å². The molecule has 0 spiro atoms. The number of methoxy groups -OCH3 is 3. The number of hydrogen-bond donors (Lipinski definition) is 1. The maximum absolute atomic E-state index is 13.3. The fraction of sp³-hybridized carbons (Fsp3) is 0.400. The average Bonchev–Trinajstić information content (AvgIpc) is 3.31. The number of likely N-dealkylation sites (tertiary alicyclic amines) is 1. The van der Waals surface area contributed by atoms with Crippen molar-refractivity contribution in [2.75, 3.05) is 47.6 Å². The molecule has 1 N–H and O–H groups in total. The van der Waals surface area contributed by atoms with Crippen LogP contribution in [0.5, 0.6) is 17.2 Å². The summed E-state index contributed by atoms with van der Waals surface area (Å²) in [4.78, 5) is 29.5. The van der Waals surface area contributed by atoms with Crippen LogP contribution in [0, 0.1) is 10.1 Å². The number of benzene rings is 2. The number of amides is 1. The van der Waals surface area contributed by atoms with Crippen molar-refractivity contribution in [3.05, 3.63) is 57.8 Å². The molecule has 1 fully saturated rings. The molecular weight excluding hydrogens is 454 g/mol. The molecule has 1 amide bonds. The first kappa shape index (κ1) is 24.3. The lowest BCUT2D eigenvalue weighted by molar-refractivity contribution is -0.385. The van der Waals surface area contributed by atoms with Crippen LogP contribution in [0.1, 0.15) is 34.7 Å². The molecule has 35 heavy (non-hydrogen) atoms. The van der Waals surface area contributed by atoms with Gasteiger partial charge in [0.1, 0.15) is 17.9 Å². The summed E-state index contributed by atoms with van der Waals surface area (Å²) in [7, 11) is 4.60. The lowest BCUT2D eigenvalue weighted by Gasteiger charge is -2.32. The SMILES string of the molecule is COCCOc1cc([N+](=O)[O-])c(C(=O)N2CCC(c3c[nH]c4ccc(OC)cc34)CC2)cc1OC. The number of aromatic amines is 1. The lowest BCUT2D eigenvalue weighted by Crippen LogP contribution is -2.38. The van der Waals surface area contributed by atoms with Gasteiger partial charge in [0.25, 0.3) is 11.6 Å². The molecule has 0 aliphatic carbocycles. The van der Waals surface area contributed by atoms with E-state index in [2.05, 4.69) is 4.98 Å². The molecule has 0 unspecified atom stereocenters. The van der Waals surface area contributed by atoms with Gasteiger partial charge in [-0.1, -0.05) is 0 Å². The Hall–Kier alpha value is -3.79. The molecule has 1 aliphatic heterocycles. The maximum Gasteiger partial charge on any atom is 0.286 e. The summed E-state index contributed by atoms with van der Waals surface area (Å²) < 4.78 is 21.2. The van der Waals surface area contributed by atoms with Crippen molar-refractivity contribution in [2.45, 2.75) is 18.8 Å². The molecule has 10 heteroatoms. The predicted octanol–water partition coefficient (Wildman–Crippen LogP) is 4.14. The quantitative estimate of drug-likeness (QED) is 0.276. The van der Waals surface area contributed by atoms with Crippen LogP contribution in [0.25, 0.3) is 10.9 Å². The van der Waals surface area contributed by atoms with E-state index in [9.17, 15) is 14.9 Å². The molecule has 1 saturated heterocycles. The van der Waals surface area contributed by atoms with Gasteiger partial charge >= 0.3 is 0 Å². The van der Waals surface area contributed by atoms with E-state index in [1.54, 1.807) is 12.0 Å². The van der Waals surface area contributed by atoms with E-state index in [4.69, 9.17) is 18.9 Å². The Morgan fingerprint density at radius 1 is 1.09 bits per heavy atom. The molecule has 0 saturated carbocycles. The number of aromatic nitrogens is 1. The second-order valence-electron chi connectivity index (χ2n) is 8.34. The first-order chi connectivity index (χ1) is 17.0. The van der Waals surface area contributed by atoms with Gasteiger partial charge in [-0.3, -0.25) is 14.9 Å². The number of rotatable bonds is 9. The van der Waals surface area contributed by atoms with Gasteiger partial charge in [-0.15, -0.1) is 0 Å². The zero-order valence-corrected chi connectivity index (χ0v) is 20.0. The monoisotopic (exact) mass is 483 g/mol. The third-order valence-electron chi connectivity index (χ3n) is 6.40. The molecule has 2 aromatic carbocycles. The number of fused-ring (bicyclic) bond motifs is 1. The highest BCUT2D eigenvalue weighted by Crippen LogP contribution is 2.38. The van der Waals surface area contributed by atoms with E-state index in [0.29, 0.717) is 19.7 Å². The smallest absolute Gasteiger partial charge is 0.286 e. The minimum atomic E-state index is -0.568. The molecule has 1 aliphatic rings. The van der Waals surface area contributed by atoms with E-state index >= 15 is 0 Å². The van der Waals surface area contributed by atoms with Crippen molar-refractivity contribution < 1.29 is 28.7 Å². The molecule has 1 aromatic heterocycles. The molecule has 10 nitrogen and oxygen atoms in total. The van der Waals surface area contributed by atoms with E-state index in [-0.39, 0.29) is 35.3 Å². The average molecular weight is 484 g/mol. The fourth-order valence-electron chi connectivity index (χ4n) is 4.53. The van der Waals surface area contributed by atoms with Gasteiger partial charge in [-0.05, 0) is 42.5 Å². The molecule has 0 radical (unpaired) electrons. The van der Waals surface area contributed by atoms with Gasteiger partial charge in [0, 0.05) is 43.4 Å². The number of piperidine rings is 1. The minimum Gasteiger partial charge on any atom is -0.497 e. The molecule has 0 atom stereocenters. The van der Waals surface area contributed by atoms with Crippen LogP contribution in [-0.2, 0) is 4.74 Å². The van der Waals surface area contributed by atoms with Gasteiger partial charge in [0.15, 0.2) is 11.5 Å². The Balaban J connectivity index is 1.52. The summed E-state index contributed by atoms with van der Waals surface area (Å²) in [5.74, 6) is 1.12. The Labute approximate surface area is 202 Å². The number of nitrogens with one attached hydrogen (secondary N) is 1. The topological polar surface area (TPSA) is 116 Å². The fourth-order valence-corrected chi connectivity index (χ4v) is 4.53. The first-order valence-corrected chi connectivity index (χ1v) is 11.4. The van der Waals surface area contributed by atoms with Crippen molar-refractivity contribution in [3.63, 3.8) is 0 Å². The third-order valence-corrected chi connectivity index (χ3v) is 6.40. The van der Waals surface area contributed by atoms with Crippen LogP contribution in [0.4, 0.5) is 5.69 Å². The van der Waals surface area contributed by atoms with Crippen molar-refractivity contribution in [1.29, 1.82) is 0 Å².